The third-order valence-electron chi connectivity index (χ3n) is 3.22. The van der Waals surface area contributed by atoms with Gasteiger partial charge in [0.25, 0.3) is 5.91 Å². The molecular weight excluding hydrogens is 297 g/mol. The van der Waals surface area contributed by atoms with Gasteiger partial charge in [-0.1, -0.05) is 12.1 Å². The molecule has 0 fully saturated rings. The molecule has 1 heterocycles. The molecule has 120 valence electrons. The number of ether oxygens (including phenoxy) is 1. The zero-order chi connectivity index (χ0) is 16.8. The normalized spacial score (nSPS) is 10.2. The highest BCUT2D eigenvalue weighted by molar-refractivity contribution is 5.92. The average Bonchev–Trinajstić information content (AvgIpc) is 2.86. The van der Waals surface area contributed by atoms with E-state index in [0.29, 0.717) is 17.7 Å². The molecule has 0 saturated carbocycles. The van der Waals surface area contributed by atoms with Gasteiger partial charge in [0, 0.05) is 25.6 Å². The Morgan fingerprint density at radius 1 is 1.52 bits per heavy atom. The number of aromatic nitrogens is 2. The summed E-state index contributed by atoms with van der Waals surface area (Å²) in [6.07, 6.45) is 5.54. The molecule has 2 aromatic rings. The molecule has 0 atom stereocenters. The number of nitrogens with zero attached hydrogens (tertiary/aromatic N) is 2. The number of terminal acetylenes is 1. The van der Waals surface area contributed by atoms with Crippen molar-refractivity contribution >= 4 is 5.91 Å². The van der Waals surface area contributed by atoms with Gasteiger partial charge in [-0.15, -0.1) is 12.3 Å². The van der Waals surface area contributed by atoms with Crippen LogP contribution in [0.2, 0.25) is 0 Å². The third kappa shape index (κ3) is 4.10. The summed E-state index contributed by atoms with van der Waals surface area (Å²) in [5.41, 5.74) is 1.51. The SMILES string of the molecule is C#CCCOc1cccc(CNC(=O)c2cc(C)nn2C)c1F. The van der Waals surface area contributed by atoms with Crippen molar-refractivity contribution in [2.45, 2.75) is 19.9 Å². The molecule has 1 aromatic carbocycles. The number of carbonyl (C=O) groups excluding carboxylic acids is 1. The molecule has 0 spiro atoms. The fourth-order valence-electron chi connectivity index (χ4n) is 2.11. The quantitative estimate of drug-likeness (QED) is 0.657. The molecule has 1 N–H and O–H groups in total. The van der Waals surface area contributed by atoms with Gasteiger partial charge in [-0.05, 0) is 19.1 Å². The summed E-state index contributed by atoms with van der Waals surface area (Å²) in [5, 5.41) is 6.78. The minimum atomic E-state index is -0.494. The van der Waals surface area contributed by atoms with Gasteiger partial charge in [-0.2, -0.15) is 5.10 Å². The molecule has 0 saturated heterocycles. The first-order valence-electron chi connectivity index (χ1n) is 7.15. The van der Waals surface area contributed by atoms with Crippen molar-refractivity contribution in [3.05, 3.63) is 47.0 Å². The molecule has 0 bridgehead atoms. The van der Waals surface area contributed by atoms with E-state index in [0.717, 1.165) is 5.69 Å². The van der Waals surface area contributed by atoms with Crippen molar-refractivity contribution in [1.29, 1.82) is 0 Å². The maximum Gasteiger partial charge on any atom is 0.269 e. The third-order valence-corrected chi connectivity index (χ3v) is 3.22. The lowest BCUT2D eigenvalue weighted by molar-refractivity contribution is 0.0941. The summed E-state index contributed by atoms with van der Waals surface area (Å²) < 4.78 is 21.1. The number of amides is 1. The van der Waals surface area contributed by atoms with E-state index in [9.17, 15) is 9.18 Å². The van der Waals surface area contributed by atoms with Gasteiger partial charge in [0.15, 0.2) is 11.6 Å². The smallest absolute Gasteiger partial charge is 0.269 e. The molecular formula is C17H18FN3O2. The lowest BCUT2D eigenvalue weighted by atomic mass is 10.2. The first-order chi connectivity index (χ1) is 11.0. The molecule has 23 heavy (non-hydrogen) atoms. The highest BCUT2D eigenvalue weighted by Gasteiger charge is 2.14. The minimum Gasteiger partial charge on any atom is -0.490 e. The highest BCUT2D eigenvalue weighted by atomic mass is 19.1. The number of hydrogen-bond donors (Lipinski definition) is 1. The van der Waals surface area contributed by atoms with E-state index in [-0.39, 0.29) is 24.8 Å². The van der Waals surface area contributed by atoms with E-state index >= 15 is 0 Å². The Bertz CT molecular complexity index is 747. The van der Waals surface area contributed by atoms with Crippen LogP contribution in [-0.2, 0) is 13.6 Å². The van der Waals surface area contributed by atoms with Gasteiger partial charge in [0.1, 0.15) is 5.69 Å². The second-order valence-corrected chi connectivity index (χ2v) is 5.01. The van der Waals surface area contributed by atoms with Crippen molar-refractivity contribution in [3.63, 3.8) is 0 Å². The van der Waals surface area contributed by atoms with Crippen LogP contribution in [0.1, 0.15) is 28.2 Å². The molecule has 0 radical (unpaired) electrons. The Kier molecular flexibility index (Phi) is 5.36. The van der Waals surface area contributed by atoms with E-state index < -0.39 is 5.82 Å². The highest BCUT2D eigenvalue weighted by Crippen LogP contribution is 2.20. The van der Waals surface area contributed by atoms with E-state index in [1.807, 2.05) is 0 Å². The lowest BCUT2D eigenvalue weighted by Crippen LogP contribution is -2.25. The van der Waals surface area contributed by atoms with Crippen LogP contribution < -0.4 is 10.1 Å². The molecule has 5 nitrogen and oxygen atoms in total. The summed E-state index contributed by atoms with van der Waals surface area (Å²) in [4.78, 5) is 12.1. The monoisotopic (exact) mass is 315 g/mol. The molecule has 6 heteroatoms. The van der Waals surface area contributed by atoms with Crippen molar-refractivity contribution in [2.24, 2.45) is 7.05 Å². The van der Waals surface area contributed by atoms with Gasteiger partial charge >= 0.3 is 0 Å². The maximum absolute atomic E-state index is 14.3. The molecule has 0 aliphatic carbocycles. The Hall–Kier alpha value is -2.81. The second-order valence-electron chi connectivity index (χ2n) is 5.01. The Balaban J connectivity index is 2.03. The number of aryl methyl sites for hydroxylation is 2. The van der Waals surface area contributed by atoms with Gasteiger partial charge in [0.05, 0.1) is 12.3 Å². The fraction of sp³-hybridized carbons (Fsp3) is 0.294. The summed E-state index contributed by atoms with van der Waals surface area (Å²) in [6, 6.07) is 6.47. The van der Waals surface area contributed by atoms with Gasteiger partial charge in [-0.3, -0.25) is 9.48 Å². The maximum atomic E-state index is 14.3. The Morgan fingerprint density at radius 2 is 2.30 bits per heavy atom. The van der Waals surface area contributed by atoms with Crippen molar-refractivity contribution in [1.82, 2.24) is 15.1 Å². The molecule has 2 rings (SSSR count). The zero-order valence-electron chi connectivity index (χ0n) is 13.1. The van der Waals surface area contributed by atoms with Crippen LogP contribution >= 0.6 is 0 Å². The predicted molar refractivity (Wildman–Crippen MR) is 84.5 cm³/mol. The number of hydrogen-bond acceptors (Lipinski definition) is 3. The Labute approximate surface area is 134 Å². The molecule has 0 unspecified atom stereocenters. The van der Waals surface area contributed by atoms with E-state index in [4.69, 9.17) is 11.2 Å². The average molecular weight is 315 g/mol. The first-order valence-corrected chi connectivity index (χ1v) is 7.15. The van der Waals surface area contributed by atoms with Crippen LogP contribution in [0.3, 0.4) is 0 Å². The molecule has 0 aliphatic rings. The minimum absolute atomic E-state index is 0.0568. The Morgan fingerprint density at radius 3 is 2.96 bits per heavy atom. The molecule has 1 aromatic heterocycles. The number of carbonyl (C=O) groups is 1. The number of nitrogens with one attached hydrogen (secondary N) is 1. The van der Waals surface area contributed by atoms with Gasteiger partial charge in [-0.25, -0.2) is 4.39 Å². The predicted octanol–water partition coefficient (Wildman–Crippen LogP) is 2.20. The van der Waals surface area contributed by atoms with Crippen LogP contribution in [0.15, 0.2) is 24.3 Å². The summed E-state index contributed by atoms with van der Waals surface area (Å²) in [5.74, 6) is 1.74. The van der Waals surface area contributed by atoms with Crippen LogP contribution in [0.4, 0.5) is 4.39 Å². The standard InChI is InChI=1S/C17H18FN3O2/c1-4-5-9-23-15-8-6-7-13(16(15)18)11-19-17(22)14-10-12(2)20-21(14)3/h1,6-8,10H,5,9,11H2,2-3H3,(H,19,22). The molecule has 0 aliphatic heterocycles. The summed E-state index contributed by atoms with van der Waals surface area (Å²) >= 11 is 0. The van der Waals surface area contributed by atoms with Crippen molar-refractivity contribution < 1.29 is 13.9 Å². The van der Waals surface area contributed by atoms with Crippen LogP contribution in [0, 0.1) is 25.1 Å². The molecule has 1 amide bonds. The fourth-order valence-corrected chi connectivity index (χ4v) is 2.11. The van der Waals surface area contributed by atoms with Crippen molar-refractivity contribution in [3.8, 4) is 18.1 Å². The first kappa shape index (κ1) is 16.6. The topological polar surface area (TPSA) is 56.1 Å². The van der Waals surface area contributed by atoms with Gasteiger partial charge in [0.2, 0.25) is 0 Å². The summed E-state index contributed by atoms with van der Waals surface area (Å²) in [6.45, 7) is 2.10. The van der Waals surface area contributed by atoms with E-state index in [1.54, 1.807) is 32.2 Å². The van der Waals surface area contributed by atoms with Crippen LogP contribution in [0.5, 0.6) is 5.75 Å². The van der Waals surface area contributed by atoms with Crippen LogP contribution in [0.25, 0.3) is 0 Å². The number of halogens is 1. The zero-order valence-corrected chi connectivity index (χ0v) is 13.1. The van der Waals surface area contributed by atoms with Crippen LogP contribution in [-0.4, -0.2) is 22.3 Å². The number of rotatable bonds is 6. The largest absolute Gasteiger partial charge is 0.490 e. The van der Waals surface area contributed by atoms with Crippen molar-refractivity contribution in [2.75, 3.05) is 6.61 Å². The second kappa shape index (κ2) is 7.45. The van der Waals surface area contributed by atoms with E-state index in [2.05, 4.69) is 16.3 Å². The summed E-state index contributed by atoms with van der Waals surface area (Å²) in [7, 11) is 1.68. The lowest BCUT2D eigenvalue weighted by Gasteiger charge is -2.10. The van der Waals surface area contributed by atoms with Gasteiger partial charge < -0.3 is 10.1 Å². The number of benzene rings is 1. The van der Waals surface area contributed by atoms with E-state index in [1.165, 1.54) is 10.7 Å².